The van der Waals surface area contributed by atoms with Crippen molar-refractivity contribution in [1.82, 2.24) is 0 Å². The van der Waals surface area contributed by atoms with Gasteiger partial charge in [0.1, 0.15) is 0 Å². The van der Waals surface area contributed by atoms with Crippen LogP contribution in [0.2, 0.25) is 0 Å². The van der Waals surface area contributed by atoms with E-state index in [1.807, 2.05) is 6.92 Å². The fourth-order valence-corrected chi connectivity index (χ4v) is 1.35. The summed E-state index contributed by atoms with van der Waals surface area (Å²) in [6.45, 7) is 3.67. The molecule has 0 aromatic rings. The van der Waals surface area contributed by atoms with Crippen LogP contribution in [0.1, 0.15) is 39.5 Å². The molecule has 2 unspecified atom stereocenters. The fraction of sp³-hybridized carbons (Fsp3) is 0.818. The lowest BCUT2D eigenvalue weighted by Gasteiger charge is -2.15. The fourth-order valence-electron chi connectivity index (χ4n) is 1.35. The van der Waals surface area contributed by atoms with Crippen molar-refractivity contribution in [2.75, 3.05) is 0 Å². The molecule has 0 aromatic heterocycles. The largest absolute Gasteiger partial charge is 0.481 e. The standard InChI is InChI=1S/C11H18O4/c1-3-7(2)15-11(14)9(10(12)13)6-8-4-5-8/h7-9H,3-6H2,1-2H3,(H,12,13). The van der Waals surface area contributed by atoms with Crippen LogP contribution in [0.5, 0.6) is 0 Å². The van der Waals surface area contributed by atoms with Gasteiger partial charge >= 0.3 is 11.9 Å². The lowest BCUT2D eigenvalue weighted by molar-refractivity contribution is -0.162. The average molecular weight is 214 g/mol. The van der Waals surface area contributed by atoms with Gasteiger partial charge in [0.2, 0.25) is 0 Å². The van der Waals surface area contributed by atoms with Gasteiger partial charge in [-0.05, 0) is 25.7 Å². The number of hydrogen-bond acceptors (Lipinski definition) is 3. The van der Waals surface area contributed by atoms with E-state index in [1.54, 1.807) is 6.92 Å². The second-order valence-electron chi connectivity index (χ2n) is 4.23. The number of hydrogen-bond donors (Lipinski definition) is 1. The topological polar surface area (TPSA) is 63.6 Å². The normalized spacial score (nSPS) is 19.3. The van der Waals surface area contributed by atoms with Crippen LogP contribution < -0.4 is 0 Å². The van der Waals surface area contributed by atoms with Crippen LogP contribution in [-0.2, 0) is 14.3 Å². The molecule has 0 amide bonds. The smallest absolute Gasteiger partial charge is 0.320 e. The highest BCUT2D eigenvalue weighted by atomic mass is 16.5. The second kappa shape index (κ2) is 5.14. The van der Waals surface area contributed by atoms with Gasteiger partial charge in [-0.1, -0.05) is 19.8 Å². The SMILES string of the molecule is CCC(C)OC(=O)C(CC1CC1)C(=O)O. The van der Waals surface area contributed by atoms with E-state index >= 15 is 0 Å². The summed E-state index contributed by atoms with van der Waals surface area (Å²) in [6, 6.07) is 0. The van der Waals surface area contributed by atoms with Gasteiger partial charge < -0.3 is 9.84 Å². The van der Waals surface area contributed by atoms with Crippen LogP contribution in [0.25, 0.3) is 0 Å². The summed E-state index contributed by atoms with van der Waals surface area (Å²) >= 11 is 0. The van der Waals surface area contributed by atoms with E-state index in [4.69, 9.17) is 9.84 Å². The van der Waals surface area contributed by atoms with Gasteiger partial charge in [-0.25, -0.2) is 0 Å². The summed E-state index contributed by atoms with van der Waals surface area (Å²) in [7, 11) is 0. The number of carbonyl (C=O) groups excluding carboxylic acids is 1. The van der Waals surface area contributed by atoms with Crippen molar-refractivity contribution in [2.45, 2.75) is 45.6 Å². The third kappa shape index (κ3) is 3.90. The predicted octanol–water partition coefficient (Wildman–Crippen LogP) is 1.83. The molecule has 0 spiro atoms. The Morgan fingerprint density at radius 1 is 1.47 bits per heavy atom. The molecule has 0 saturated heterocycles. The van der Waals surface area contributed by atoms with Gasteiger partial charge in [-0.15, -0.1) is 0 Å². The maximum Gasteiger partial charge on any atom is 0.320 e. The number of carbonyl (C=O) groups is 2. The summed E-state index contributed by atoms with van der Waals surface area (Å²) < 4.78 is 5.03. The molecular formula is C11H18O4. The monoisotopic (exact) mass is 214 g/mol. The van der Waals surface area contributed by atoms with Gasteiger partial charge in [0, 0.05) is 0 Å². The van der Waals surface area contributed by atoms with Crippen molar-refractivity contribution in [3.63, 3.8) is 0 Å². The molecule has 1 aliphatic carbocycles. The van der Waals surface area contributed by atoms with E-state index in [9.17, 15) is 9.59 Å². The molecule has 86 valence electrons. The number of esters is 1. The number of carboxylic acids is 1. The van der Waals surface area contributed by atoms with E-state index < -0.39 is 17.9 Å². The Morgan fingerprint density at radius 3 is 2.47 bits per heavy atom. The highest BCUT2D eigenvalue weighted by Gasteiger charge is 2.35. The molecule has 0 radical (unpaired) electrons. The molecule has 0 aliphatic heterocycles. The van der Waals surface area contributed by atoms with Crippen molar-refractivity contribution in [2.24, 2.45) is 11.8 Å². The van der Waals surface area contributed by atoms with Gasteiger partial charge in [-0.2, -0.15) is 0 Å². The van der Waals surface area contributed by atoms with Gasteiger partial charge in [0.05, 0.1) is 6.10 Å². The number of carboxylic acid groups (broad SMARTS) is 1. The lowest BCUT2D eigenvalue weighted by atomic mass is 10.0. The Kier molecular flexibility index (Phi) is 4.12. The van der Waals surface area contributed by atoms with Crippen LogP contribution in [-0.4, -0.2) is 23.1 Å². The minimum atomic E-state index is -1.06. The molecule has 0 aromatic carbocycles. The molecule has 1 fully saturated rings. The van der Waals surface area contributed by atoms with Crippen LogP contribution in [0.15, 0.2) is 0 Å². The van der Waals surface area contributed by atoms with Crippen LogP contribution in [0, 0.1) is 11.8 Å². The Balaban J connectivity index is 2.46. The van der Waals surface area contributed by atoms with Gasteiger partial charge in [0.25, 0.3) is 0 Å². The highest BCUT2D eigenvalue weighted by molar-refractivity contribution is 5.94. The van der Waals surface area contributed by atoms with E-state index in [1.165, 1.54) is 0 Å². The van der Waals surface area contributed by atoms with Crippen LogP contribution in [0.4, 0.5) is 0 Å². The summed E-state index contributed by atoms with van der Waals surface area (Å²) in [6.07, 6.45) is 3.03. The summed E-state index contributed by atoms with van der Waals surface area (Å²) in [5.41, 5.74) is 0. The minimum Gasteiger partial charge on any atom is -0.481 e. The van der Waals surface area contributed by atoms with Gasteiger partial charge in [0.15, 0.2) is 5.92 Å². The molecule has 4 heteroatoms. The maximum atomic E-state index is 11.5. The second-order valence-corrected chi connectivity index (χ2v) is 4.23. The predicted molar refractivity (Wildman–Crippen MR) is 54.3 cm³/mol. The Labute approximate surface area is 89.6 Å². The Bertz CT molecular complexity index is 245. The van der Waals surface area contributed by atoms with Crippen molar-refractivity contribution in [1.29, 1.82) is 0 Å². The first kappa shape index (κ1) is 12.0. The zero-order valence-electron chi connectivity index (χ0n) is 9.23. The minimum absolute atomic E-state index is 0.196. The molecule has 1 aliphatic rings. The molecule has 1 rings (SSSR count). The van der Waals surface area contributed by atoms with E-state index in [2.05, 4.69) is 0 Å². The zero-order valence-corrected chi connectivity index (χ0v) is 9.23. The third-order valence-electron chi connectivity index (χ3n) is 2.74. The van der Waals surface area contributed by atoms with Crippen molar-refractivity contribution in [3.8, 4) is 0 Å². The Hall–Kier alpha value is -1.06. The van der Waals surface area contributed by atoms with Crippen LogP contribution >= 0.6 is 0 Å². The molecule has 0 bridgehead atoms. The first-order valence-corrected chi connectivity index (χ1v) is 5.47. The first-order valence-electron chi connectivity index (χ1n) is 5.47. The maximum absolute atomic E-state index is 11.5. The van der Waals surface area contributed by atoms with Crippen molar-refractivity contribution < 1.29 is 19.4 Å². The number of rotatable bonds is 6. The molecule has 1 saturated carbocycles. The Morgan fingerprint density at radius 2 is 2.07 bits per heavy atom. The first-order chi connectivity index (χ1) is 7.04. The third-order valence-corrected chi connectivity index (χ3v) is 2.74. The van der Waals surface area contributed by atoms with E-state index in [-0.39, 0.29) is 6.10 Å². The number of ether oxygens (including phenoxy) is 1. The molecule has 0 heterocycles. The quantitative estimate of drug-likeness (QED) is 0.541. The molecule has 2 atom stereocenters. The molecule has 1 N–H and O–H groups in total. The van der Waals surface area contributed by atoms with E-state index in [0.29, 0.717) is 18.8 Å². The average Bonchev–Trinajstić information content (AvgIpc) is 2.96. The molecule has 4 nitrogen and oxygen atoms in total. The lowest BCUT2D eigenvalue weighted by Crippen LogP contribution is -2.29. The van der Waals surface area contributed by atoms with Gasteiger partial charge in [-0.3, -0.25) is 9.59 Å². The summed E-state index contributed by atoms with van der Waals surface area (Å²) in [5, 5.41) is 8.91. The zero-order chi connectivity index (χ0) is 11.4. The van der Waals surface area contributed by atoms with Crippen molar-refractivity contribution in [3.05, 3.63) is 0 Å². The summed E-state index contributed by atoms with van der Waals surface area (Å²) in [5.74, 6) is -2.19. The number of aliphatic carboxylic acids is 1. The van der Waals surface area contributed by atoms with E-state index in [0.717, 1.165) is 12.8 Å². The van der Waals surface area contributed by atoms with Crippen LogP contribution in [0.3, 0.4) is 0 Å². The molecular weight excluding hydrogens is 196 g/mol. The molecule has 15 heavy (non-hydrogen) atoms. The highest BCUT2D eigenvalue weighted by Crippen LogP contribution is 2.35. The summed E-state index contributed by atoms with van der Waals surface area (Å²) in [4.78, 5) is 22.4. The van der Waals surface area contributed by atoms with Crippen molar-refractivity contribution >= 4 is 11.9 Å².